The molecule has 0 saturated carbocycles. The van der Waals surface area contributed by atoms with E-state index in [0.717, 1.165) is 36.9 Å². The molecule has 2 aliphatic heterocycles. The Kier molecular flexibility index (Phi) is 6.53. The molecule has 0 radical (unpaired) electrons. The molecule has 182 valence electrons. The zero-order valence-corrected chi connectivity index (χ0v) is 20.7. The van der Waals surface area contributed by atoms with Crippen molar-refractivity contribution in [2.45, 2.75) is 26.3 Å². The van der Waals surface area contributed by atoms with Crippen molar-refractivity contribution >= 4 is 41.2 Å². The second-order valence-corrected chi connectivity index (χ2v) is 12.0. The lowest BCUT2D eigenvalue weighted by molar-refractivity contribution is 0.0488. The van der Waals surface area contributed by atoms with Crippen molar-refractivity contribution in [1.29, 1.82) is 0 Å². The molecular formula is C24H23F2N4O3PS. The van der Waals surface area contributed by atoms with Crippen molar-refractivity contribution < 1.29 is 22.8 Å². The van der Waals surface area contributed by atoms with Crippen LogP contribution in [0.15, 0.2) is 53.5 Å². The first-order valence-electron chi connectivity index (χ1n) is 11.3. The molecule has 0 spiro atoms. The number of benzene rings is 2. The summed E-state index contributed by atoms with van der Waals surface area (Å²) in [6, 6.07) is 11.1. The standard InChI is InChI=1S/C24H23F2N4O3PS/c1-16-21-22(30(28-16)14-15-32-24(31)18-6-10-20(26)11-7-18)27-23(17-4-8-19(25)9-5-17)33-34(21,35)29-12-2-3-13-29/h4-11H,2-3,12-15H2,1H3. The Morgan fingerprint density at radius 1 is 1.09 bits per heavy atom. The van der Waals surface area contributed by atoms with Crippen LogP contribution in [0.5, 0.6) is 0 Å². The number of halogens is 2. The number of nitrogens with zero attached hydrogens (tertiary/aromatic N) is 4. The quantitative estimate of drug-likeness (QED) is 0.356. The SMILES string of the molecule is Cc1nn(CCOC(=O)c2ccc(F)cc2)c2c1P(=S)(N1CCCC1)OC(c1ccc(F)cc1)=N2. The topological polar surface area (TPSA) is 69.0 Å². The van der Waals surface area contributed by atoms with Gasteiger partial charge in [-0.25, -0.2) is 22.9 Å². The van der Waals surface area contributed by atoms with E-state index in [2.05, 4.69) is 9.77 Å². The summed E-state index contributed by atoms with van der Waals surface area (Å²) < 4.78 is 42.3. The number of aromatic nitrogens is 2. The maximum Gasteiger partial charge on any atom is 0.338 e. The first kappa shape index (κ1) is 23.8. The number of esters is 1. The lowest BCUT2D eigenvalue weighted by Gasteiger charge is -2.34. The maximum absolute atomic E-state index is 13.5. The zero-order valence-electron chi connectivity index (χ0n) is 19.0. The number of carbonyl (C=O) groups is 1. The third kappa shape index (κ3) is 4.66. The number of aryl methyl sites for hydroxylation is 1. The maximum atomic E-state index is 13.5. The van der Waals surface area contributed by atoms with Crippen molar-refractivity contribution in [3.8, 4) is 0 Å². The molecule has 1 fully saturated rings. The summed E-state index contributed by atoms with van der Waals surface area (Å²) in [5.74, 6) is -0.429. The highest BCUT2D eigenvalue weighted by Gasteiger charge is 2.42. The molecule has 0 amide bonds. The number of rotatable bonds is 6. The first-order chi connectivity index (χ1) is 16.8. The number of carbonyl (C=O) groups excluding carboxylic acids is 1. The number of ether oxygens (including phenoxy) is 1. The average Bonchev–Trinajstić information content (AvgIpc) is 3.49. The van der Waals surface area contributed by atoms with E-state index >= 15 is 0 Å². The Morgan fingerprint density at radius 2 is 1.71 bits per heavy atom. The highest BCUT2D eigenvalue weighted by molar-refractivity contribution is 8.15. The van der Waals surface area contributed by atoms with Gasteiger partial charge in [-0.3, -0.25) is 0 Å². The predicted octanol–water partition coefficient (Wildman–Crippen LogP) is 4.47. The monoisotopic (exact) mass is 516 g/mol. The second kappa shape index (κ2) is 9.60. The smallest absolute Gasteiger partial charge is 0.338 e. The van der Waals surface area contributed by atoms with Gasteiger partial charge >= 0.3 is 5.97 Å². The van der Waals surface area contributed by atoms with Crippen molar-refractivity contribution in [2.75, 3.05) is 19.7 Å². The summed E-state index contributed by atoms with van der Waals surface area (Å²) in [6.07, 6.45) is -0.621. The van der Waals surface area contributed by atoms with Gasteiger partial charge in [0.2, 0.25) is 12.3 Å². The van der Waals surface area contributed by atoms with Crippen LogP contribution in [-0.2, 0) is 27.6 Å². The van der Waals surface area contributed by atoms with Crippen LogP contribution in [0, 0.1) is 18.6 Å². The molecule has 7 nitrogen and oxygen atoms in total. The van der Waals surface area contributed by atoms with Crippen LogP contribution in [0.25, 0.3) is 0 Å². The summed E-state index contributed by atoms with van der Waals surface area (Å²) in [5.41, 5.74) is 1.61. The predicted molar refractivity (Wildman–Crippen MR) is 132 cm³/mol. The fourth-order valence-corrected chi connectivity index (χ4v) is 8.10. The lowest BCUT2D eigenvalue weighted by Crippen LogP contribution is -2.30. The van der Waals surface area contributed by atoms with Crippen molar-refractivity contribution in [1.82, 2.24) is 14.5 Å². The van der Waals surface area contributed by atoms with Crippen LogP contribution in [0.3, 0.4) is 0 Å². The normalized spacial score (nSPS) is 19.7. The van der Waals surface area contributed by atoms with Crippen LogP contribution >= 0.6 is 6.42 Å². The number of hydrogen-bond donors (Lipinski definition) is 0. The summed E-state index contributed by atoms with van der Waals surface area (Å²) in [7, 11) is 0. The van der Waals surface area contributed by atoms with E-state index in [1.807, 2.05) is 6.92 Å². The van der Waals surface area contributed by atoms with Crippen LogP contribution < -0.4 is 5.30 Å². The van der Waals surface area contributed by atoms with E-state index in [9.17, 15) is 13.6 Å². The number of aliphatic imine (C=N–C) groups is 1. The van der Waals surface area contributed by atoms with Gasteiger partial charge in [-0.15, -0.1) is 0 Å². The highest BCUT2D eigenvalue weighted by Crippen LogP contribution is 2.57. The molecule has 1 unspecified atom stereocenters. The van der Waals surface area contributed by atoms with Gasteiger partial charge in [0, 0.05) is 18.7 Å². The minimum absolute atomic E-state index is 0.0403. The molecule has 2 aromatic carbocycles. The minimum Gasteiger partial charge on any atom is -0.460 e. The van der Waals surface area contributed by atoms with E-state index in [1.54, 1.807) is 16.8 Å². The van der Waals surface area contributed by atoms with Gasteiger partial charge in [-0.1, -0.05) is 0 Å². The third-order valence-corrected chi connectivity index (χ3v) is 10.1. The second-order valence-electron chi connectivity index (χ2n) is 8.32. The van der Waals surface area contributed by atoms with Crippen LogP contribution in [0.1, 0.15) is 34.5 Å². The molecule has 2 aliphatic rings. The highest BCUT2D eigenvalue weighted by atomic mass is 32.4. The summed E-state index contributed by atoms with van der Waals surface area (Å²) in [5, 5.41) is 5.44. The van der Waals surface area contributed by atoms with Crippen LogP contribution in [0.2, 0.25) is 0 Å². The van der Waals surface area contributed by atoms with Gasteiger partial charge in [0.05, 0.1) is 17.8 Å². The molecule has 35 heavy (non-hydrogen) atoms. The Morgan fingerprint density at radius 3 is 2.37 bits per heavy atom. The Balaban J connectivity index is 1.45. The van der Waals surface area contributed by atoms with E-state index in [-0.39, 0.29) is 24.5 Å². The molecule has 5 rings (SSSR count). The lowest BCUT2D eigenvalue weighted by atomic mass is 10.2. The fraction of sp³-hybridized carbons (Fsp3) is 0.292. The van der Waals surface area contributed by atoms with Gasteiger partial charge in [-0.05, 0) is 80.1 Å². The molecule has 3 heterocycles. The summed E-state index contributed by atoms with van der Waals surface area (Å²) >= 11 is 6.19. The average molecular weight is 517 g/mol. The molecule has 1 atom stereocenters. The zero-order chi connectivity index (χ0) is 24.6. The molecular weight excluding hydrogens is 493 g/mol. The van der Waals surface area contributed by atoms with Crippen molar-refractivity contribution in [2.24, 2.45) is 4.99 Å². The number of hydrogen-bond acceptors (Lipinski definition) is 6. The largest absolute Gasteiger partial charge is 0.460 e. The fourth-order valence-electron chi connectivity index (χ4n) is 4.20. The van der Waals surface area contributed by atoms with E-state index in [1.165, 1.54) is 36.4 Å². The van der Waals surface area contributed by atoms with Gasteiger partial charge in [0.15, 0.2) is 5.82 Å². The van der Waals surface area contributed by atoms with Crippen LogP contribution in [-0.4, -0.2) is 46.0 Å². The van der Waals surface area contributed by atoms with Crippen LogP contribution in [0.4, 0.5) is 14.6 Å². The third-order valence-electron chi connectivity index (χ3n) is 5.93. The van der Waals surface area contributed by atoms with Crippen molar-refractivity contribution in [3.05, 3.63) is 77.0 Å². The van der Waals surface area contributed by atoms with Gasteiger partial charge < -0.3 is 9.26 Å². The van der Waals surface area contributed by atoms with E-state index < -0.39 is 18.2 Å². The van der Waals surface area contributed by atoms with E-state index in [4.69, 9.17) is 26.1 Å². The molecule has 0 aliphatic carbocycles. The van der Waals surface area contributed by atoms with Gasteiger partial charge in [-0.2, -0.15) is 10.1 Å². The number of fused-ring (bicyclic) bond motifs is 1. The summed E-state index contributed by atoms with van der Waals surface area (Å²) in [4.78, 5) is 17.0. The van der Waals surface area contributed by atoms with Gasteiger partial charge in [0.1, 0.15) is 23.5 Å². The minimum atomic E-state index is -2.69. The molecule has 1 aromatic heterocycles. The van der Waals surface area contributed by atoms with Crippen molar-refractivity contribution in [3.63, 3.8) is 0 Å². The first-order valence-corrected chi connectivity index (χ1v) is 13.9. The van der Waals surface area contributed by atoms with Gasteiger partial charge in [0.25, 0.3) is 0 Å². The molecule has 0 N–H and O–H groups in total. The Hall–Kier alpha value is -2.94. The Labute approximate surface area is 206 Å². The molecule has 0 bridgehead atoms. The molecule has 1 saturated heterocycles. The molecule has 3 aromatic rings. The Bertz CT molecular complexity index is 1340. The van der Waals surface area contributed by atoms with E-state index in [0.29, 0.717) is 17.3 Å². The summed E-state index contributed by atoms with van der Waals surface area (Å²) in [6.45, 7) is 3.82. The molecule has 11 heteroatoms.